The Balaban J connectivity index is 0. The fourth-order valence-corrected chi connectivity index (χ4v) is 2.08. The maximum absolute atomic E-state index is 11.0. The van der Waals surface area contributed by atoms with Crippen molar-refractivity contribution in [2.24, 2.45) is 0 Å². The van der Waals surface area contributed by atoms with Crippen molar-refractivity contribution >= 4 is 34.0 Å². The van der Waals surface area contributed by atoms with Crippen LogP contribution < -0.4 is 18.9 Å². The van der Waals surface area contributed by atoms with Crippen molar-refractivity contribution in [3.63, 3.8) is 0 Å². The Morgan fingerprint density at radius 2 is 1.60 bits per heavy atom. The van der Waals surface area contributed by atoms with Crippen LogP contribution in [0.2, 0.25) is 0 Å². The quantitative estimate of drug-likeness (QED) is 0.405. The third kappa shape index (κ3) is 5.04. The van der Waals surface area contributed by atoms with Gasteiger partial charge in [0.2, 0.25) is 0 Å². The van der Waals surface area contributed by atoms with Gasteiger partial charge < -0.3 is 23.2 Å². The third-order valence-corrected chi connectivity index (χ3v) is 2.93. The van der Waals surface area contributed by atoms with Crippen molar-refractivity contribution in [3.8, 4) is 0 Å². The van der Waals surface area contributed by atoms with E-state index < -0.39 is 10.8 Å². The van der Waals surface area contributed by atoms with Crippen LogP contribution in [0.25, 0.3) is 0 Å². The molecule has 56 valence electrons. The topological polar surface area (TPSA) is 17.1 Å². The standard InChI is InChI=1S/C5H9Cl2OS.Li/c1-5(2,3)9(8)4(6)7;/h1-3H3;/q-1;+1. The molecule has 0 aromatic carbocycles. The summed E-state index contributed by atoms with van der Waals surface area (Å²) in [5.74, 6) is 0. The van der Waals surface area contributed by atoms with Crippen LogP contribution >= 0.6 is 23.2 Å². The van der Waals surface area contributed by atoms with Gasteiger partial charge in [0.1, 0.15) is 0 Å². The van der Waals surface area contributed by atoms with Crippen LogP contribution in [0.3, 0.4) is 0 Å². The molecule has 10 heavy (non-hydrogen) atoms. The predicted octanol–water partition coefficient (Wildman–Crippen LogP) is -0.538. The Hall–Kier alpha value is 1.33. The molecule has 0 fully saturated rings. The summed E-state index contributed by atoms with van der Waals surface area (Å²) in [7, 11) is -1.24. The van der Waals surface area contributed by atoms with E-state index in [2.05, 4.69) is 0 Å². The molecule has 1 unspecified atom stereocenters. The first-order valence-corrected chi connectivity index (χ1v) is 4.36. The molecule has 0 radical (unpaired) electrons. The molecule has 5 heteroatoms. The van der Waals surface area contributed by atoms with Crippen molar-refractivity contribution < 1.29 is 23.1 Å². The second-order valence-corrected chi connectivity index (χ2v) is 6.17. The summed E-state index contributed by atoms with van der Waals surface area (Å²) in [4.78, 5) is 0. The van der Waals surface area contributed by atoms with Gasteiger partial charge in [-0.2, -0.15) is 0 Å². The third-order valence-electron chi connectivity index (χ3n) is 0.696. The zero-order valence-corrected chi connectivity index (χ0v) is 8.90. The number of hydrogen-bond donors (Lipinski definition) is 0. The van der Waals surface area contributed by atoms with E-state index in [0.29, 0.717) is 0 Å². The molecule has 0 saturated carbocycles. The summed E-state index contributed by atoms with van der Waals surface area (Å²) < 4.78 is 10.6. The molecule has 0 spiro atoms. The number of hydrogen-bond acceptors (Lipinski definition) is 1. The van der Waals surface area contributed by atoms with Gasteiger partial charge in [-0.05, 0) is 0 Å². The molecule has 0 aliphatic carbocycles. The smallest absolute Gasteiger partial charge is 0.315 e. The minimum atomic E-state index is -1.24. The van der Waals surface area contributed by atoms with Gasteiger partial charge in [-0.25, -0.2) is 0 Å². The monoisotopic (exact) mass is 194 g/mol. The van der Waals surface area contributed by atoms with Gasteiger partial charge in [-0.1, -0.05) is 35.7 Å². The summed E-state index contributed by atoms with van der Waals surface area (Å²) in [6, 6.07) is 0. The average molecular weight is 195 g/mol. The Morgan fingerprint density at radius 1 is 1.30 bits per heavy atom. The van der Waals surface area contributed by atoms with Crippen LogP contribution in [-0.4, -0.2) is 8.96 Å². The average Bonchev–Trinajstić information content (AvgIpc) is 1.62. The Bertz CT molecular complexity index is 121. The summed E-state index contributed by atoms with van der Waals surface area (Å²) in [6.45, 7) is 5.44. The Labute approximate surface area is 86.5 Å². The van der Waals surface area contributed by atoms with Crippen molar-refractivity contribution in [1.29, 1.82) is 0 Å². The molecule has 0 rings (SSSR count). The molecule has 0 aliphatic rings. The molecule has 0 aromatic heterocycles. The minimum Gasteiger partial charge on any atom is -0.315 e. The second kappa shape index (κ2) is 5.06. The van der Waals surface area contributed by atoms with Crippen LogP contribution in [0, 0.1) is 4.17 Å². The van der Waals surface area contributed by atoms with Crippen LogP contribution in [0.1, 0.15) is 20.8 Å². The zero-order valence-electron chi connectivity index (χ0n) is 6.57. The molecule has 0 heterocycles. The van der Waals surface area contributed by atoms with Gasteiger partial charge in [0.05, 0.1) is 0 Å². The van der Waals surface area contributed by atoms with Crippen molar-refractivity contribution in [3.05, 3.63) is 4.17 Å². The SMILES string of the molecule is CC(C)(C)S(=O)[C-](Cl)Cl.[Li+]. The van der Waals surface area contributed by atoms with Crippen LogP contribution in [0.5, 0.6) is 0 Å². The summed E-state index contributed by atoms with van der Waals surface area (Å²) in [5, 5.41) is 0. The zero-order chi connectivity index (χ0) is 7.65. The van der Waals surface area contributed by atoms with Gasteiger partial charge in [-0.3, -0.25) is 4.21 Å². The molecule has 0 bridgehead atoms. The van der Waals surface area contributed by atoms with E-state index in [0.717, 1.165) is 0 Å². The molecule has 0 amide bonds. The normalized spacial score (nSPS) is 14.6. The number of halogens is 2. The largest absolute Gasteiger partial charge is 1.00 e. The molecular formula is C5H9Cl2LiOS. The molecule has 0 aliphatic heterocycles. The maximum atomic E-state index is 11.0. The maximum Gasteiger partial charge on any atom is 1.00 e. The molecule has 0 saturated heterocycles. The Morgan fingerprint density at radius 3 is 1.60 bits per heavy atom. The Kier molecular flexibility index (Phi) is 7.02. The fourth-order valence-electron chi connectivity index (χ4n) is 0.231. The first-order chi connectivity index (χ1) is 3.85. The molecular weight excluding hydrogens is 186 g/mol. The van der Waals surface area contributed by atoms with E-state index in [1.165, 1.54) is 0 Å². The van der Waals surface area contributed by atoms with E-state index in [1.54, 1.807) is 0 Å². The molecule has 0 N–H and O–H groups in total. The molecule has 0 aromatic rings. The van der Waals surface area contributed by atoms with E-state index in [1.807, 2.05) is 20.8 Å². The van der Waals surface area contributed by atoms with Gasteiger partial charge in [0, 0.05) is 4.75 Å². The summed E-state index contributed by atoms with van der Waals surface area (Å²) >= 11 is 10.6. The summed E-state index contributed by atoms with van der Waals surface area (Å²) in [5.41, 5.74) is 0. The van der Waals surface area contributed by atoms with E-state index in [-0.39, 0.29) is 27.8 Å². The van der Waals surface area contributed by atoms with Gasteiger partial charge >= 0.3 is 18.9 Å². The van der Waals surface area contributed by atoms with Crippen molar-refractivity contribution in [2.75, 3.05) is 0 Å². The van der Waals surface area contributed by atoms with Crippen molar-refractivity contribution in [1.82, 2.24) is 0 Å². The predicted molar refractivity (Wildman–Crippen MR) is 42.8 cm³/mol. The first kappa shape index (κ1) is 13.9. The van der Waals surface area contributed by atoms with Crippen LogP contribution in [0.15, 0.2) is 0 Å². The summed E-state index contributed by atoms with van der Waals surface area (Å²) in [6.07, 6.45) is 0. The first-order valence-electron chi connectivity index (χ1n) is 2.45. The van der Waals surface area contributed by atoms with E-state index >= 15 is 0 Å². The van der Waals surface area contributed by atoms with E-state index in [4.69, 9.17) is 23.2 Å². The van der Waals surface area contributed by atoms with Gasteiger partial charge in [-0.15, -0.1) is 0 Å². The van der Waals surface area contributed by atoms with E-state index in [9.17, 15) is 4.21 Å². The van der Waals surface area contributed by atoms with Crippen LogP contribution in [0.4, 0.5) is 0 Å². The molecule has 1 nitrogen and oxygen atoms in total. The van der Waals surface area contributed by atoms with Crippen molar-refractivity contribution in [2.45, 2.75) is 25.5 Å². The number of rotatable bonds is 1. The minimum absolute atomic E-state index is 0. The van der Waals surface area contributed by atoms with Crippen LogP contribution in [-0.2, 0) is 10.8 Å². The van der Waals surface area contributed by atoms with Gasteiger partial charge in [0.15, 0.2) is 0 Å². The van der Waals surface area contributed by atoms with Gasteiger partial charge in [0.25, 0.3) is 0 Å². The second-order valence-electron chi connectivity index (χ2n) is 2.61. The fraction of sp³-hybridized carbons (Fsp3) is 0.800. The molecule has 1 atom stereocenters.